The number of carbonyl (C=O) groups is 1. The van der Waals surface area contributed by atoms with Crippen molar-refractivity contribution < 1.29 is 4.79 Å². The number of nitrogens with one attached hydrogen (secondary N) is 1. The SMILES string of the molecule is CC1CC2(C1)CC(c1nnc(NC(=O)Cc3ccn(C)n3)s1)C2. The molecule has 0 aliphatic heterocycles. The molecule has 1 N–H and O–H groups in total. The molecule has 4 rings (SSSR count). The van der Waals surface area contributed by atoms with Gasteiger partial charge in [0.15, 0.2) is 0 Å². The number of hydrogen-bond donors (Lipinski definition) is 1. The molecular weight excluding hydrogens is 310 g/mol. The molecule has 0 bridgehead atoms. The van der Waals surface area contributed by atoms with Gasteiger partial charge in [0, 0.05) is 19.2 Å². The van der Waals surface area contributed by atoms with Crippen LogP contribution < -0.4 is 5.32 Å². The lowest BCUT2D eigenvalue weighted by Gasteiger charge is -2.56. The van der Waals surface area contributed by atoms with Gasteiger partial charge in [-0.15, -0.1) is 10.2 Å². The number of nitrogens with zero attached hydrogens (tertiary/aromatic N) is 4. The summed E-state index contributed by atoms with van der Waals surface area (Å²) in [5.74, 6) is 1.34. The van der Waals surface area contributed by atoms with Gasteiger partial charge in [-0.25, -0.2) is 0 Å². The van der Waals surface area contributed by atoms with Crippen molar-refractivity contribution in [1.82, 2.24) is 20.0 Å². The Kier molecular flexibility index (Phi) is 3.48. The predicted molar refractivity (Wildman–Crippen MR) is 88.3 cm³/mol. The number of hydrogen-bond acceptors (Lipinski definition) is 5. The van der Waals surface area contributed by atoms with Crippen LogP contribution in [0.3, 0.4) is 0 Å². The second-order valence-electron chi connectivity index (χ2n) is 7.27. The molecule has 2 aromatic heterocycles. The van der Waals surface area contributed by atoms with Crippen molar-refractivity contribution in [3.8, 4) is 0 Å². The zero-order valence-electron chi connectivity index (χ0n) is 13.5. The summed E-state index contributed by atoms with van der Waals surface area (Å²) in [7, 11) is 1.84. The van der Waals surface area contributed by atoms with Crippen LogP contribution in [0.25, 0.3) is 0 Å². The Labute approximate surface area is 139 Å². The first-order valence-electron chi connectivity index (χ1n) is 8.13. The molecule has 0 radical (unpaired) electrons. The standard InChI is InChI=1S/C16H21N5OS/c1-10-6-16(7-10)8-11(9-16)14-18-19-15(23-14)17-13(22)5-12-3-4-21(2)20-12/h3-4,10-11H,5-9H2,1-2H3,(H,17,19,22). The minimum absolute atomic E-state index is 0.0932. The van der Waals surface area contributed by atoms with E-state index in [2.05, 4.69) is 27.5 Å². The van der Waals surface area contributed by atoms with Crippen LogP contribution in [0, 0.1) is 11.3 Å². The van der Waals surface area contributed by atoms with E-state index >= 15 is 0 Å². The highest BCUT2D eigenvalue weighted by molar-refractivity contribution is 7.15. The van der Waals surface area contributed by atoms with Gasteiger partial charge in [-0.05, 0) is 43.1 Å². The lowest BCUT2D eigenvalue weighted by Crippen LogP contribution is -2.45. The van der Waals surface area contributed by atoms with Crippen molar-refractivity contribution in [3.63, 3.8) is 0 Å². The first-order valence-corrected chi connectivity index (χ1v) is 8.95. The van der Waals surface area contributed by atoms with E-state index in [9.17, 15) is 4.79 Å². The fraction of sp³-hybridized carbons (Fsp3) is 0.625. The van der Waals surface area contributed by atoms with Crippen molar-refractivity contribution >= 4 is 22.4 Å². The van der Waals surface area contributed by atoms with Gasteiger partial charge >= 0.3 is 0 Å². The van der Waals surface area contributed by atoms with E-state index in [1.807, 2.05) is 19.3 Å². The molecule has 0 unspecified atom stereocenters. The number of aromatic nitrogens is 4. The summed E-state index contributed by atoms with van der Waals surface area (Å²) in [6.07, 6.45) is 7.33. The molecule has 6 nitrogen and oxygen atoms in total. The van der Waals surface area contributed by atoms with Gasteiger partial charge in [0.1, 0.15) is 5.01 Å². The van der Waals surface area contributed by atoms with Gasteiger partial charge in [-0.1, -0.05) is 18.3 Å². The molecule has 1 spiro atoms. The minimum Gasteiger partial charge on any atom is -0.300 e. The zero-order chi connectivity index (χ0) is 16.0. The van der Waals surface area contributed by atoms with Crippen LogP contribution >= 0.6 is 11.3 Å². The summed E-state index contributed by atoms with van der Waals surface area (Å²) in [4.78, 5) is 12.0. The summed E-state index contributed by atoms with van der Waals surface area (Å²) in [6.45, 7) is 2.33. The second-order valence-corrected chi connectivity index (χ2v) is 8.28. The van der Waals surface area contributed by atoms with E-state index < -0.39 is 0 Å². The van der Waals surface area contributed by atoms with E-state index in [1.54, 1.807) is 4.68 Å². The normalized spacial score (nSPS) is 29.1. The smallest absolute Gasteiger partial charge is 0.232 e. The van der Waals surface area contributed by atoms with Crippen molar-refractivity contribution in [2.24, 2.45) is 18.4 Å². The maximum absolute atomic E-state index is 12.0. The maximum atomic E-state index is 12.0. The van der Waals surface area contributed by atoms with Crippen LogP contribution in [0.2, 0.25) is 0 Å². The first kappa shape index (κ1) is 14.8. The Morgan fingerprint density at radius 1 is 1.39 bits per heavy atom. The maximum Gasteiger partial charge on any atom is 0.232 e. The molecule has 2 aliphatic carbocycles. The highest BCUT2D eigenvalue weighted by Crippen LogP contribution is 2.64. The molecule has 0 aromatic carbocycles. The number of rotatable bonds is 4. The average molecular weight is 331 g/mol. The van der Waals surface area contributed by atoms with Gasteiger partial charge in [0.05, 0.1) is 12.1 Å². The average Bonchev–Trinajstić information content (AvgIpc) is 3.01. The fourth-order valence-electron chi connectivity index (χ4n) is 4.25. The van der Waals surface area contributed by atoms with Gasteiger partial charge in [0.25, 0.3) is 0 Å². The van der Waals surface area contributed by atoms with Crippen molar-refractivity contribution in [3.05, 3.63) is 23.0 Å². The molecule has 2 heterocycles. The lowest BCUT2D eigenvalue weighted by atomic mass is 9.49. The summed E-state index contributed by atoms with van der Waals surface area (Å²) >= 11 is 1.52. The molecule has 0 saturated heterocycles. The second kappa shape index (κ2) is 5.40. The Morgan fingerprint density at radius 2 is 2.17 bits per heavy atom. The Hall–Kier alpha value is -1.76. The highest BCUT2D eigenvalue weighted by Gasteiger charge is 2.52. The fourth-order valence-corrected chi connectivity index (χ4v) is 5.11. The molecule has 0 atom stereocenters. The third-order valence-electron chi connectivity index (χ3n) is 5.07. The van der Waals surface area contributed by atoms with Gasteiger partial charge < -0.3 is 5.32 Å². The highest BCUT2D eigenvalue weighted by atomic mass is 32.1. The van der Waals surface area contributed by atoms with E-state index in [0.29, 0.717) is 16.5 Å². The van der Waals surface area contributed by atoms with Crippen molar-refractivity contribution in [2.45, 2.75) is 44.9 Å². The molecule has 7 heteroatoms. The summed E-state index contributed by atoms with van der Waals surface area (Å²) in [5, 5.41) is 17.1. The van der Waals surface area contributed by atoms with Crippen LogP contribution in [0.4, 0.5) is 5.13 Å². The third-order valence-corrected chi connectivity index (χ3v) is 6.07. The van der Waals surface area contributed by atoms with Gasteiger partial charge in [-0.2, -0.15) is 5.10 Å². The molecule has 2 saturated carbocycles. The molecular formula is C16H21N5OS. The van der Waals surface area contributed by atoms with E-state index in [-0.39, 0.29) is 12.3 Å². The summed E-state index contributed by atoms with van der Waals surface area (Å²) < 4.78 is 1.69. The molecule has 2 aliphatic rings. The third kappa shape index (κ3) is 2.89. The van der Waals surface area contributed by atoms with E-state index in [1.165, 1.54) is 37.0 Å². The van der Waals surface area contributed by atoms with Gasteiger partial charge in [0.2, 0.25) is 11.0 Å². The first-order chi connectivity index (χ1) is 11.0. The van der Waals surface area contributed by atoms with Crippen LogP contribution in [0.15, 0.2) is 12.3 Å². The van der Waals surface area contributed by atoms with E-state index in [4.69, 9.17) is 0 Å². The molecule has 122 valence electrons. The predicted octanol–water partition coefficient (Wildman–Crippen LogP) is 2.75. The largest absolute Gasteiger partial charge is 0.300 e. The molecule has 23 heavy (non-hydrogen) atoms. The van der Waals surface area contributed by atoms with Gasteiger partial charge in [-0.3, -0.25) is 9.48 Å². The lowest BCUT2D eigenvalue weighted by molar-refractivity contribution is -0.115. The number of anilines is 1. The summed E-state index contributed by atoms with van der Waals surface area (Å²) in [5.41, 5.74) is 1.37. The minimum atomic E-state index is -0.0932. The summed E-state index contributed by atoms with van der Waals surface area (Å²) in [6, 6.07) is 1.85. The van der Waals surface area contributed by atoms with Crippen LogP contribution in [0.5, 0.6) is 0 Å². The topological polar surface area (TPSA) is 72.7 Å². The molecule has 1 amide bonds. The number of carbonyl (C=O) groups excluding carboxylic acids is 1. The van der Waals surface area contributed by atoms with Crippen molar-refractivity contribution in [1.29, 1.82) is 0 Å². The van der Waals surface area contributed by atoms with Crippen LogP contribution in [-0.2, 0) is 18.3 Å². The van der Waals surface area contributed by atoms with Crippen LogP contribution in [0.1, 0.15) is 49.2 Å². The Morgan fingerprint density at radius 3 is 2.83 bits per heavy atom. The molecule has 2 aromatic rings. The monoisotopic (exact) mass is 331 g/mol. The van der Waals surface area contributed by atoms with Crippen LogP contribution in [-0.4, -0.2) is 25.9 Å². The quantitative estimate of drug-likeness (QED) is 0.935. The van der Waals surface area contributed by atoms with Crippen molar-refractivity contribution in [2.75, 3.05) is 5.32 Å². The number of aryl methyl sites for hydroxylation is 1. The number of amides is 1. The Balaban J connectivity index is 1.31. The zero-order valence-corrected chi connectivity index (χ0v) is 14.3. The van der Waals surface area contributed by atoms with E-state index in [0.717, 1.165) is 16.6 Å². The molecule has 2 fully saturated rings. The Bertz CT molecular complexity index is 722.